The molecular formula is C26H21F7O. The van der Waals surface area contributed by atoms with Crippen LogP contribution >= 0.6 is 0 Å². The largest absolute Gasteiger partial charge is 0.432 e. The van der Waals surface area contributed by atoms with Gasteiger partial charge in [0.15, 0.2) is 11.6 Å². The van der Waals surface area contributed by atoms with Crippen LogP contribution in [-0.2, 0) is 6.11 Å². The second-order valence-electron chi connectivity index (χ2n) is 8.71. The Hall–Kier alpha value is -3.03. The van der Waals surface area contributed by atoms with Gasteiger partial charge in [0.2, 0.25) is 0 Å². The fourth-order valence-corrected chi connectivity index (χ4v) is 4.36. The molecule has 180 valence electrons. The summed E-state index contributed by atoms with van der Waals surface area (Å²) in [6.45, 7) is 2.17. The number of alkyl halides is 2. The standard InChI is InChI=1S/C26H21F7O/c1-14-2-4-15(5-3-14)16-6-8-19(21(28)10-16)17-11-23(30)25(24(31)12-17)26(32,33)34-18-7-9-20(27)22(29)13-18/h6-15H,2-5H2,1H3. The first-order valence-corrected chi connectivity index (χ1v) is 10.9. The van der Waals surface area contributed by atoms with Gasteiger partial charge in [0.1, 0.15) is 28.8 Å². The van der Waals surface area contributed by atoms with Crippen molar-refractivity contribution in [1.29, 1.82) is 0 Å². The molecule has 1 aliphatic carbocycles. The number of rotatable bonds is 5. The summed E-state index contributed by atoms with van der Waals surface area (Å²) in [5.41, 5.74) is -1.34. The lowest BCUT2D eigenvalue weighted by Gasteiger charge is -2.26. The van der Waals surface area contributed by atoms with Crippen molar-refractivity contribution < 1.29 is 35.5 Å². The predicted octanol–water partition coefficient (Wildman–Crippen LogP) is 8.47. The van der Waals surface area contributed by atoms with Gasteiger partial charge in [0, 0.05) is 11.6 Å². The summed E-state index contributed by atoms with van der Waals surface area (Å²) in [7, 11) is 0. The van der Waals surface area contributed by atoms with Crippen molar-refractivity contribution in [2.24, 2.45) is 5.92 Å². The molecule has 0 aromatic heterocycles. The van der Waals surface area contributed by atoms with E-state index in [0.29, 0.717) is 36.2 Å². The zero-order chi connectivity index (χ0) is 24.6. The van der Waals surface area contributed by atoms with Crippen LogP contribution in [0.1, 0.15) is 49.7 Å². The van der Waals surface area contributed by atoms with Crippen LogP contribution in [0, 0.1) is 35.0 Å². The third kappa shape index (κ3) is 4.91. The summed E-state index contributed by atoms with van der Waals surface area (Å²) >= 11 is 0. The minimum Gasteiger partial charge on any atom is -0.429 e. The van der Waals surface area contributed by atoms with E-state index in [1.165, 1.54) is 12.1 Å². The molecule has 4 rings (SSSR count). The van der Waals surface area contributed by atoms with Crippen LogP contribution in [0.3, 0.4) is 0 Å². The molecule has 1 aliphatic rings. The maximum Gasteiger partial charge on any atom is 0.432 e. The van der Waals surface area contributed by atoms with Gasteiger partial charge in [-0.2, -0.15) is 8.78 Å². The predicted molar refractivity (Wildman–Crippen MR) is 113 cm³/mol. The Morgan fingerprint density at radius 3 is 1.94 bits per heavy atom. The van der Waals surface area contributed by atoms with Crippen LogP contribution < -0.4 is 4.74 Å². The van der Waals surface area contributed by atoms with Crippen LogP contribution in [0.25, 0.3) is 11.1 Å². The van der Waals surface area contributed by atoms with Crippen molar-refractivity contribution in [3.8, 4) is 16.9 Å². The molecule has 0 N–H and O–H groups in total. The summed E-state index contributed by atoms with van der Waals surface area (Å²) in [6, 6.07) is 7.12. The molecule has 1 nitrogen and oxygen atoms in total. The minimum absolute atomic E-state index is 0.137. The zero-order valence-corrected chi connectivity index (χ0v) is 18.2. The first-order chi connectivity index (χ1) is 16.0. The number of hydrogen-bond acceptors (Lipinski definition) is 1. The second kappa shape index (κ2) is 9.31. The van der Waals surface area contributed by atoms with E-state index in [2.05, 4.69) is 11.7 Å². The monoisotopic (exact) mass is 482 g/mol. The van der Waals surface area contributed by atoms with Crippen molar-refractivity contribution in [2.45, 2.75) is 44.6 Å². The van der Waals surface area contributed by atoms with Gasteiger partial charge in [-0.15, -0.1) is 0 Å². The SMILES string of the molecule is CC1CCC(c2ccc(-c3cc(F)c(C(F)(F)Oc4ccc(F)c(F)c4)c(F)c3)c(F)c2)CC1. The van der Waals surface area contributed by atoms with Gasteiger partial charge in [-0.25, -0.2) is 22.0 Å². The maximum absolute atomic E-state index is 14.8. The molecule has 8 heteroatoms. The van der Waals surface area contributed by atoms with Gasteiger partial charge in [-0.05, 0) is 66.1 Å². The molecule has 34 heavy (non-hydrogen) atoms. The summed E-state index contributed by atoms with van der Waals surface area (Å²) in [6.07, 6.45) is -0.632. The molecule has 1 saturated carbocycles. The normalized spacial score (nSPS) is 18.7. The van der Waals surface area contributed by atoms with Gasteiger partial charge in [0.25, 0.3) is 0 Å². The Balaban J connectivity index is 1.61. The van der Waals surface area contributed by atoms with E-state index < -0.39 is 46.5 Å². The van der Waals surface area contributed by atoms with E-state index in [4.69, 9.17) is 0 Å². The van der Waals surface area contributed by atoms with Gasteiger partial charge in [0.05, 0.1) is 0 Å². The summed E-state index contributed by atoms with van der Waals surface area (Å²) in [5.74, 6) is -6.84. The summed E-state index contributed by atoms with van der Waals surface area (Å²) in [5, 5.41) is 0. The molecule has 0 unspecified atom stereocenters. The molecule has 1 fully saturated rings. The van der Waals surface area contributed by atoms with E-state index in [1.54, 1.807) is 6.07 Å². The minimum atomic E-state index is -4.54. The molecule has 0 heterocycles. The first-order valence-electron chi connectivity index (χ1n) is 10.9. The van der Waals surface area contributed by atoms with Crippen LogP contribution in [0.5, 0.6) is 5.75 Å². The summed E-state index contributed by atoms with van der Waals surface area (Å²) < 4.78 is 104. The lowest BCUT2D eigenvalue weighted by molar-refractivity contribution is -0.189. The fourth-order valence-electron chi connectivity index (χ4n) is 4.36. The molecular weight excluding hydrogens is 461 g/mol. The Kier molecular flexibility index (Phi) is 6.60. The van der Waals surface area contributed by atoms with E-state index in [0.717, 1.165) is 31.2 Å². The maximum atomic E-state index is 14.8. The molecule has 0 atom stereocenters. The van der Waals surface area contributed by atoms with E-state index in [9.17, 15) is 30.7 Å². The Bertz CT molecular complexity index is 1180. The summed E-state index contributed by atoms with van der Waals surface area (Å²) in [4.78, 5) is 0. The average molecular weight is 482 g/mol. The molecule has 0 spiro atoms. The highest BCUT2D eigenvalue weighted by molar-refractivity contribution is 5.65. The number of hydrogen-bond donors (Lipinski definition) is 0. The lowest BCUT2D eigenvalue weighted by atomic mass is 9.79. The highest BCUT2D eigenvalue weighted by Gasteiger charge is 2.41. The van der Waals surface area contributed by atoms with Crippen molar-refractivity contribution >= 4 is 0 Å². The van der Waals surface area contributed by atoms with E-state index >= 15 is 0 Å². The van der Waals surface area contributed by atoms with Crippen LogP contribution in [0.15, 0.2) is 48.5 Å². The van der Waals surface area contributed by atoms with E-state index in [-0.39, 0.29) is 17.0 Å². The Morgan fingerprint density at radius 1 is 0.706 bits per heavy atom. The Morgan fingerprint density at radius 2 is 1.35 bits per heavy atom. The molecule has 0 amide bonds. The number of ether oxygens (including phenoxy) is 1. The van der Waals surface area contributed by atoms with Crippen LogP contribution in [-0.4, -0.2) is 0 Å². The van der Waals surface area contributed by atoms with Crippen molar-refractivity contribution in [2.75, 3.05) is 0 Å². The topological polar surface area (TPSA) is 9.23 Å². The first kappa shape index (κ1) is 24.1. The molecule has 3 aromatic rings. The van der Waals surface area contributed by atoms with Crippen molar-refractivity contribution in [3.63, 3.8) is 0 Å². The quantitative estimate of drug-likeness (QED) is 0.332. The van der Waals surface area contributed by atoms with E-state index in [1.807, 2.05) is 0 Å². The third-order valence-electron chi connectivity index (χ3n) is 6.26. The van der Waals surface area contributed by atoms with Gasteiger partial charge in [-0.1, -0.05) is 31.9 Å². The average Bonchev–Trinajstić information content (AvgIpc) is 2.76. The molecule has 0 radical (unpaired) electrons. The Labute approximate surface area is 192 Å². The zero-order valence-electron chi connectivity index (χ0n) is 18.2. The second-order valence-corrected chi connectivity index (χ2v) is 8.71. The lowest BCUT2D eigenvalue weighted by Crippen LogP contribution is -2.25. The molecule has 0 saturated heterocycles. The van der Waals surface area contributed by atoms with Crippen LogP contribution in [0.4, 0.5) is 30.7 Å². The van der Waals surface area contributed by atoms with Crippen molar-refractivity contribution in [3.05, 3.63) is 88.7 Å². The molecule has 0 bridgehead atoms. The third-order valence-corrected chi connectivity index (χ3v) is 6.26. The molecule has 0 aliphatic heterocycles. The van der Waals surface area contributed by atoms with Crippen LogP contribution in [0.2, 0.25) is 0 Å². The van der Waals surface area contributed by atoms with Gasteiger partial charge in [-0.3, -0.25) is 0 Å². The van der Waals surface area contributed by atoms with Gasteiger partial charge >= 0.3 is 6.11 Å². The highest BCUT2D eigenvalue weighted by atomic mass is 19.3. The highest BCUT2D eigenvalue weighted by Crippen LogP contribution is 2.39. The van der Waals surface area contributed by atoms with Gasteiger partial charge < -0.3 is 4.74 Å². The number of halogens is 7. The van der Waals surface area contributed by atoms with Crippen molar-refractivity contribution in [1.82, 2.24) is 0 Å². The smallest absolute Gasteiger partial charge is 0.429 e. The fraction of sp³-hybridized carbons (Fsp3) is 0.308. The number of benzene rings is 3. The molecule has 3 aromatic carbocycles.